The van der Waals surface area contributed by atoms with Crippen LogP contribution >= 0.6 is 12.2 Å². The van der Waals surface area contributed by atoms with Gasteiger partial charge in [-0.15, -0.1) is 0 Å². The summed E-state index contributed by atoms with van der Waals surface area (Å²) in [5.74, 6) is 0. The summed E-state index contributed by atoms with van der Waals surface area (Å²) >= 11 is 5.60. The van der Waals surface area contributed by atoms with Crippen LogP contribution in [0.3, 0.4) is 0 Å². The van der Waals surface area contributed by atoms with E-state index in [1.807, 2.05) is 66.7 Å². The Balaban J connectivity index is 1.76. The summed E-state index contributed by atoms with van der Waals surface area (Å²) in [6, 6.07) is 30.3. The molecule has 3 aromatic carbocycles. The monoisotopic (exact) mass is 375 g/mol. The molecular weight excluding hydrogens is 350 g/mol. The molecule has 0 bridgehead atoms. The van der Waals surface area contributed by atoms with Crippen LogP contribution in [-0.4, -0.2) is 5.11 Å². The van der Waals surface area contributed by atoms with E-state index in [-0.39, 0.29) is 18.1 Å². The number of nitrogens with one attached hydrogen (secondary N) is 2. The standard InChI is InChI=1S/C23H25N3S/c1-17(18-11-5-2-6-12-18)25-23(27)26-22(20-15-9-4-10-16-20)21(24)19-13-7-3-8-14-19/h2-17,21-22H,24H2,1H3,(H2,25,26,27)/t17-,21-,22-/m1/s1. The molecule has 4 heteroatoms. The van der Waals surface area contributed by atoms with Crippen LogP contribution in [0.1, 0.15) is 41.7 Å². The SMILES string of the molecule is C[C@@H](NC(=S)N[C@H](c1ccccc1)[C@H](N)c1ccccc1)c1ccccc1. The largest absolute Gasteiger partial charge is 0.356 e. The average Bonchev–Trinajstić information content (AvgIpc) is 2.73. The molecule has 0 amide bonds. The topological polar surface area (TPSA) is 50.1 Å². The Morgan fingerprint density at radius 3 is 1.67 bits per heavy atom. The fourth-order valence-corrected chi connectivity index (χ4v) is 3.42. The second-order valence-corrected chi connectivity index (χ2v) is 6.98. The lowest BCUT2D eigenvalue weighted by molar-refractivity contribution is 0.516. The molecule has 3 nitrogen and oxygen atoms in total. The van der Waals surface area contributed by atoms with Gasteiger partial charge in [-0.1, -0.05) is 91.0 Å². The van der Waals surface area contributed by atoms with Gasteiger partial charge in [-0.25, -0.2) is 0 Å². The predicted octanol–water partition coefficient (Wildman–Crippen LogP) is 4.65. The van der Waals surface area contributed by atoms with E-state index < -0.39 is 0 Å². The van der Waals surface area contributed by atoms with Crippen molar-refractivity contribution in [3.05, 3.63) is 108 Å². The first-order valence-corrected chi connectivity index (χ1v) is 9.53. The summed E-state index contributed by atoms with van der Waals surface area (Å²) in [5, 5.41) is 7.38. The highest BCUT2D eigenvalue weighted by Gasteiger charge is 2.22. The lowest BCUT2D eigenvalue weighted by atomic mass is 9.94. The Hall–Kier alpha value is -2.69. The van der Waals surface area contributed by atoms with Gasteiger partial charge in [-0.2, -0.15) is 0 Å². The van der Waals surface area contributed by atoms with Crippen molar-refractivity contribution in [1.29, 1.82) is 0 Å². The van der Waals surface area contributed by atoms with Crippen LogP contribution in [0.5, 0.6) is 0 Å². The van der Waals surface area contributed by atoms with E-state index in [4.69, 9.17) is 18.0 Å². The molecule has 4 N–H and O–H groups in total. The maximum absolute atomic E-state index is 6.61. The van der Waals surface area contributed by atoms with Gasteiger partial charge in [0.25, 0.3) is 0 Å². The van der Waals surface area contributed by atoms with Gasteiger partial charge in [0.05, 0.1) is 18.1 Å². The minimum absolute atomic E-state index is 0.107. The molecule has 0 saturated carbocycles. The maximum Gasteiger partial charge on any atom is 0.167 e. The molecule has 0 fully saturated rings. The number of hydrogen-bond donors (Lipinski definition) is 3. The second kappa shape index (κ2) is 9.31. The summed E-state index contributed by atoms with van der Waals surface area (Å²) in [7, 11) is 0. The van der Waals surface area contributed by atoms with Gasteiger partial charge in [0.2, 0.25) is 0 Å². The van der Waals surface area contributed by atoms with Crippen LogP contribution in [0.15, 0.2) is 91.0 Å². The summed E-state index contributed by atoms with van der Waals surface area (Å²) in [6.45, 7) is 2.10. The molecule has 0 heterocycles. The van der Waals surface area contributed by atoms with E-state index in [2.05, 4.69) is 41.8 Å². The van der Waals surface area contributed by atoms with Crippen LogP contribution in [-0.2, 0) is 0 Å². The molecule has 3 rings (SSSR count). The first-order valence-electron chi connectivity index (χ1n) is 9.12. The van der Waals surface area contributed by atoms with E-state index in [0.717, 1.165) is 11.1 Å². The maximum atomic E-state index is 6.61. The molecule has 0 aliphatic rings. The van der Waals surface area contributed by atoms with E-state index in [1.54, 1.807) is 0 Å². The molecule has 3 atom stereocenters. The van der Waals surface area contributed by atoms with Crippen molar-refractivity contribution in [2.45, 2.75) is 25.0 Å². The van der Waals surface area contributed by atoms with Crippen molar-refractivity contribution in [2.75, 3.05) is 0 Å². The summed E-state index contributed by atoms with van der Waals surface area (Å²) in [5.41, 5.74) is 9.97. The zero-order chi connectivity index (χ0) is 19.1. The lowest BCUT2D eigenvalue weighted by Crippen LogP contribution is -2.42. The quantitative estimate of drug-likeness (QED) is 0.549. The zero-order valence-corrected chi connectivity index (χ0v) is 16.2. The number of rotatable bonds is 6. The van der Waals surface area contributed by atoms with Crippen molar-refractivity contribution < 1.29 is 0 Å². The van der Waals surface area contributed by atoms with Gasteiger partial charge in [0, 0.05) is 0 Å². The molecule has 0 radical (unpaired) electrons. The first-order chi connectivity index (χ1) is 13.1. The Morgan fingerprint density at radius 1 is 0.704 bits per heavy atom. The number of hydrogen-bond acceptors (Lipinski definition) is 2. The molecule has 0 aliphatic heterocycles. The van der Waals surface area contributed by atoms with Crippen molar-refractivity contribution in [3.8, 4) is 0 Å². The molecule has 27 heavy (non-hydrogen) atoms. The molecule has 138 valence electrons. The number of thiocarbonyl (C=S) groups is 1. The highest BCUT2D eigenvalue weighted by atomic mass is 32.1. The normalized spacial score (nSPS) is 14.0. The Bertz CT molecular complexity index is 837. The molecular formula is C23H25N3S. The average molecular weight is 376 g/mol. The number of nitrogens with two attached hydrogens (primary N) is 1. The molecule has 0 aliphatic carbocycles. The Morgan fingerprint density at radius 2 is 1.15 bits per heavy atom. The third kappa shape index (κ3) is 5.16. The first kappa shape index (κ1) is 19.1. The van der Waals surface area contributed by atoms with Crippen molar-refractivity contribution in [3.63, 3.8) is 0 Å². The zero-order valence-electron chi connectivity index (χ0n) is 15.4. The number of benzene rings is 3. The van der Waals surface area contributed by atoms with E-state index in [1.165, 1.54) is 5.56 Å². The molecule has 3 aromatic rings. The van der Waals surface area contributed by atoms with Crippen LogP contribution in [0.25, 0.3) is 0 Å². The third-order valence-corrected chi connectivity index (χ3v) is 4.87. The highest BCUT2D eigenvalue weighted by Crippen LogP contribution is 2.26. The fourth-order valence-electron chi connectivity index (χ4n) is 3.11. The molecule has 0 spiro atoms. The highest BCUT2D eigenvalue weighted by molar-refractivity contribution is 7.80. The van der Waals surface area contributed by atoms with Crippen LogP contribution < -0.4 is 16.4 Å². The molecule has 0 aromatic heterocycles. The van der Waals surface area contributed by atoms with E-state index in [9.17, 15) is 0 Å². The van der Waals surface area contributed by atoms with Gasteiger partial charge >= 0.3 is 0 Å². The van der Waals surface area contributed by atoms with Crippen LogP contribution in [0.2, 0.25) is 0 Å². The van der Waals surface area contributed by atoms with Gasteiger partial charge in [-0.3, -0.25) is 0 Å². The van der Waals surface area contributed by atoms with E-state index >= 15 is 0 Å². The minimum Gasteiger partial charge on any atom is -0.356 e. The van der Waals surface area contributed by atoms with Crippen molar-refractivity contribution in [1.82, 2.24) is 10.6 Å². The van der Waals surface area contributed by atoms with Gasteiger partial charge < -0.3 is 16.4 Å². The third-order valence-electron chi connectivity index (χ3n) is 4.64. The molecule has 0 unspecified atom stereocenters. The van der Waals surface area contributed by atoms with Crippen molar-refractivity contribution in [2.24, 2.45) is 5.73 Å². The minimum atomic E-state index is -0.222. The second-order valence-electron chi connectivity index (χ2n) is 6.57. The summed E-state index contributed by atoms with van der Waals surface area (Å²) in [6.07, 6.45) is 0. The van der Waals surface area contributed by atoms with E-state index in [0.29, 0.717) is 5.11 Å². The summed E-state index contributed by atoms with van der Waals surface area (Å²) in [4.78, 5) is 0. The van der Waals surface area contributed by atoms with Gasteiger partial charge in [-0.05, 0) is 35.8 Å². The van der Waals surface area contributed by atoms with Gasteiger partial charge in [0.15, 0.2) is 5.11 Å². The Labute approximate surface area is 166 Å². The summed E-state index contributed by atoms with van der Waals surface area (Å²) < 4.78 is 0. The predicted molar refractivity (Wildman–Crippen MR) is 116 cm³/mol. The van der Waals surface area contributed by atoms with Gasteiger partial charge in [0.1, 0.15) is 0 Å². The lowest BCUT2D eigenvalue weighted by Gasteiger charge is -2.28. The fraction of sp³-hybridized carbons (Fsp3) is 0.174. The van der Waals surface area contributed by atoms with Crippen LogP contribution in [0.4, 0.5) is 0 Å². The Kier molecular flexibility index (Phi) is 6.58. The molecule has 0 saturated heterocycles. The van der Waals surface area contributed by atoms with Crippen LogP contribution in [0, 0.1) is 0 Å². The van der Waals surface area contributed by atoms with Crippen molar-refractivity contribution >= 4 is 17.3 Å². The smallest absolute Gasteiger partial charge is 0.167 e.